The van der Waals surface area contributed by atoms with E-state index in [-0.39, 0.29) is 18.2 Å². The molecule has 2 nitrogen and oxygen atoms in total. The lowest BCUT2D eigenvalue weighted by molar-refractivity contribution is 0.0997. The third-order valence-electron chi connectivity index (χ3n) is 3.62. The molecule has 0 radical (unpaired) electrons. The molecule has 15 heavy (non-hydrogen) atoms. The van der Waals surface area contributed by atoms with Gasteiger partial charge in [-0.05, 0) is 38.0 Å². The van der Waals surface area contributed by atoms with Gasteiger partial charge in [0.25, 0.3) is 0 Å². The van der Waals surface area contributed by atoms with Crippen molar-refractivity contribution in [3.8, 4) is 12.3 Å². The molecule has 1 rings (SSSR count). The molecule has 1 unspecified atom stereocenters. The molecule has 86 valence electrons. The summed E-state index contributed by atoms with van der Waals surface area (Å²) in [5, 5.41) is 13.0. The van der Waals surface area contributed by atoms with Gasteiger partial charge in [-0.25, -0.2) is 0 Å². The summed E-state index contributed by atoms with van der Waals surface area (Å²) in [6.45, 7) is 4.56. The van der Waals surface area contributed by atoms with E-state index in [1.54, 1.807) is 0 Å². The van der Waals surface area contributed by atoms with Crippen molar-refractivity contribution in [2.24, 2.45) is 5.92 Å². The molecular weight excluding hydrogens is 186 g/mol. The monoisotopic (exact) mass is 209 g/mol. The highest BCUT2D eigenvalue weighted by atomic mass is 16.3. The van der Waals surface area contributed by atoms with Gasteiger partial charge in [0.05, 0.1) is 12.6 Å². The van der Waals surface area contributed by atoms with Gasteiger partial charge in [-0.2, -0.15) is 0 Å². The molecule has 1 fully saturated rings. The standard InChI is InChI=1S/C13H23NO/c1-4-12(5-2)14-13(10-15)8-6-11(3)7-9-13/h1,11-12,14-15H,5-10H2,2-3H3. The van der Waals surface area contributed by atoms with Crippen molar-refractivity contribution in [2.75, 3.05) is 6.61 Å². The van der Waals surface area contributed by atoms with Crippen LogP contribution >= 0.6 is 0 Å². The van der Waals surface area contributed by atoms with Gasteiger partial charge in [0.2, 0.25) is 0 Å². The second-order valence-electron chi connectivity index (χ2n) is 4.89. The van der Waals surface area contributed by atoms with Crippen molar-refractivity contribution in [2.45, 2.75) is 57.5 Å². The van der Waals surface area contributed by atoms with Crippen LogP contribution in [0.2, 0.25) is 0 Å². The van der Waals surface area contributed by atoms with E-state index >= 15 is 0 Å². The van der Waals surface area contributed by atoms with E-state index in [1.807, 2.05) is 0 Å². The predicted octanol–water partition coefficient (Wildman–Crippen LogP) is 1.93. The highest BCUT2D eigenvalue weighted by molar-refractivity contribution is 5.04. The summed E-state index contributed by atoms with van der Waals surface area (Å²) in [6, 6.07) is 0.102. The number of aliphatic hydroxyl groups is 1. The number of nitrogens with one attached hydrogen (secondary N) is 1. The van der Waals surface area contributed by atoms with Crippen molar-refractivity contribution < 1.29 is 5.11 Å². The van der Waals surface area contributed by atoms with Crippen molar-refractivity contribution in [1.82, 2.24) is 5.32 Å². The third-order valence-corrected chi connectivity index (χ3v) is 3.62. The molecule has 2 N–H and O–H groups in total. The Balaban J connectivity index is 2.57. The Morgan fingerprint density at radius 2 is 2.13 bits per heavy atom. The number of hydrogen-bond donors (Lipinski definition) is 2. The Bertz CT molecular complexity index is 223. The first-order valence-electron chi connectivity index (χ1n) is 6.00. The van der Waals surface area contributed by atoms with Crippen LogP contribution in [0.5, 0.6) is 0 Å². The molecule has 1 atom stereocenters. The molecule has 0 saturated heterocycles. The molecule has 1 saturated carbocycles. The molecule has 0 aliphatic heterocycles. The minimum atomic E-state index is -0.112. The van der Waals surface area contributed by atoms with Gasteiger partial charge in [-0.3, -0.25) is 5.32 Å². The summed E-state index contributed by atoms with van der Waals surface area (Å²) < 4.78 is 0. The average Bonchev–Trinajstić information content (AvgIpc) is 2.29. The summed E-state index contributed by atoms with van der Waals surface area (Å²) in [5.74, 6) is 3.54. The lowest BCUT2D eigenvalue weighted by Crippen LogP contribution is -2.54. The fraction of sp³-hybridized carbons (Fsp3) is 0.846. The molecule has 0 aromatic heterocycles. The average molecular weight is 209 g/mol. The van der Waals surface area contributed by atoms with E-state index in [9.17, 15) is 5.11 Å². The molecule has 0 bridgehead atoms. The Hall–Kier alpha value is -0.520. The highest BCUT2D eigenvalue weighted by Gasteiger charge is 2.34. The number of aliphatic hydroxyl groups excluding tert-OH is 1. The van der Waals surface area contributed by atoms with Gasteiger partial charge in [-0.15, -0.1) is 6.42 Å². The normalized spacial score (nSPS) is 33.3. The Morgan fingerprint density at radius 1 is 1.53 bits per heavy atom. The molecule has 0 aromatic carbocycles. The topological polar surface area (TPSA) is 32.3 Å². The zero-order chi connectivity index (χ0) is 11.3. The van der Waals surface area contributed by atoms with Gasteiger partial charge in [0, 0.05) is 5.54 Å². The van der Waals surface area contributed by atoms with E-state index < -0.39 is 0 Å². The SMILES string of the molecule is C#CC(CC)NC1(CO)CCC(C)CC1. The second kappa shape index (κ2) is 5.53. The van der Waals surface area contributed by atoms with Crippen LogP contribution < -0.4 is 5.32 Å². The summed E-state index contributed by atoms with van der Waals surface area (Å²) in [7, 11) is 0. The highest BCUT2D eigenvalue weighted by Crippen LogP contribution is 2.32. The molecule has 2 heteroatoms. The second-order valence-corrected chi connectivity index (χ2v) is 4.89. The van der Waals surface area contributed by atoms with E-state index in [0.717, 1.165) is 25.2 Å². The largest absolute Gasteiger partial charge is 0.394 e. The number of rotatable bonds is 4. The van der Waals surface area contributed by atoms with Crippen LogP contribution in [0.15, 0.2) is 0 Å². The first-order valence-corrected chi connectivity index (χ1v) is 6.00. The van der Waals surface area contributed by atoms with E-state index in [2.05, 4.69) is 25.1 Å². The molecule has 1 aliphatic rings. The van der Waals surface area contributed by atoms with E-state index in [4.69, 9.17) is 6.42 Å². The summed E-state index contributed by atoms with van der Waals surface area (Å²) in [6.07, 6.45) is 10.8. The predicted molar refractivity (Wildman–Crippen MR) is 63.5 cm³/mol. The lowest BCUT2D eigenvalue weighted by Gasteiger charge is -2.40. The molecule has 0 spiro atoms. The minimum Gasteiger partial charge on any atom is -0.394 e. The van der Waals surface area contributed by atoms with Gasteiger partial charge in [0.15, 0.2) is 0 Å². The number of terminal acetylenes is 1. The van der Waals surface area contributed by atoms with Crippen LogP contribution in [0.4, 0.5) is 0 Å². The van der Waals surface area contributed by atoms with Crippen molar-refractivity contribution in [1.29, 1.82) is 0 Å². The maximum atomic E-state index is 9.54. The number of hydrogen-bond acceptors (Lipinski definition) is 2. The summed E-state index contributed by atoms with van der Waals surface area (Å²) in [5.41, 5.74) is -0.112. The van der Waals surface area contributed by atoms with E-state index in [0.29, 0.717) is 0 Å². The van der Waals surface area contributed by atoms with Gasteiger partial charge in [-0.1, -0.05) is 19.8 Å². The quantitative estimate of drug-likeness (QED) is 0.693. The van der Waals surface area contributed by atoms with Crippen LogP contribution in [0.3, 0.4) is 0 Å². The van der Waals surface area contributed by atoms with Crippen LogP contribution in [-0.4, -0.2) is 23.3 Å². The summed E-state index contributed by atoms with van der Waals surface area (Å²) >= 11 is 0. The first-order chi connectivity index (χ1) is 7.15. The Labute approximate surface area is 93.5 Å². The van der Waals surface area contributed by atoms with Crippen LogP contribution in [0, 0.1) is 18.3 Å². The van der Waals surface area contributed by atoms with Gasteiger partial charge >= 0.3 is 0 Å². The molecule has 0 heterocycles. The van der Waals surface area contributed by atoms with Gasteiger partial charge in [0.1, 0.15) is 0 Å². The van der Waals surface area contributed by atoms with E-state index in [1.165, 1.54) is 12.8 Å². The third kappa shape index (κ3) is 3.22. The van der Waals surface area contributed by atoms with Crippen LogP contribution in [-0.2, 0) is 0 Å². The van der Waals surface area contributed by atoms with Crippen LogP contribution in [0.1, 0.15) is 46.0 Å². The Morgan fingerprint density at radius 3 is 2.53 bits per heavy atom. The Kier molecular flexibility index (Phi) is 4.63. The lowest BCUT2D eigenvalue weighted by atomic mass is 9.77. The zero-order valence-electron chi connectivity index (χ0n) is 9.92. The smallest absolute Gasteiger partial charge is 0.0689 e. The maximum absolute atomic E-state index is 9.54. The van der Waals surface area contributed by atoms with Crippen molar-refractivity contribution >= 4 is 0 Å². The zero-order valence-corrected chi connectivity index (χ0v) is 9.92. The van der Waals surface area contributed by atoms with Crippen molar-refractivity contribution in [3.05, 3.63) is 0 Å². The fourth-order valence-corrected chi connectivity index (χ4v) is 2.29. The molecule has 0 amide bonds. The molecular formula is C13H23NO. The van der Waals surface area contributed by atoms with Crippen molar-refractivity contribution in [3.63, 3.8) is 0 Å². The fourth-order valence-electron chi connectivity index (χ4n) is 2.29. The first kappa shape index (κ1) is 12.5. The van der Waals surface area contributed by atoms with Crippen LogP contribution in [0.25, 0.3) is 0 Å². The summed E-state index contributed by atoms with van der Waals surface area (Å²) in [4.78, 5) is 0. The maximum Gasteiger partial charge on any atom is 0.0689 e. The molecule has 0 aromatic rings. The minimum absolute atomic E-state index is 0.102. The molecule has 1 aliphatic carbocycles. The van der Waals surface area contributed by atoms with Gasteiger partial charge < -0.3 is 5.11 Å².